The minimum absolute atomic E-state index is 0.627. The molecule has 1 unspecified atom stereocenters. The molecule has 102 valence electrons. The summed E-state index contributed by atoms with van der Waals surface area (Å²) in [6.07, 6.45) is 4.33. The molecule has 1 aromatic heterocycles. The molecular weight excluding hydrogens is 348 g/mol. The molecule has 6 heteroatoms. The Bertz CT molecular complexity index is 621. The molecule has 19 heavy (non-hydrogen) atoms. The average molecular weight is 362 g/mol. The summed E-state index contributed by atoms with van der Waals surface area (Å²) >= 11 is 9.61. The van der Waals surface area contributed by atoms with E-state index in [-0.39, 0.29) is 0 Å². The van der Waals surface area contributed by atoms with Crippen molar-refractivity contribution in [2.75, 3.05) is 23.9 Å². The van der Waals surface area contributed by atoms with Crippen molar-refractivity contribution in [3.63, 3.8) is 0 Å². The van der Waals surface area contributed by atoms with Gasteiger partial charge in [-0.3, -0.25) is 9.19 Å². The Morgan fingerprint density at radius 3 is 3.00 bits per heavy atom. The van der Waals surface area contributed by atoms with E-state index in [9.17, 15) is 4.21 Å². The molecule has 1 aromatic carbocycles. The van der Waals surface area contributed by atoms with E-state index in [1.54, 1.807) is 12.5 Å². The van der Waals surface area contributed by atoms with Crippen LogP contribution in [0.25, 0.3) is 10.9 Å². The van der Waals surface area contributed by atoms with Crippen molar-refractivity contribution in [3.8, 4) is 0 Å². The summed E-state index contributed by atoms with van der Waals surface area (Å²) in [6, 6.07) is 5.75. The Morgan fingerprint density at radius 1 is 1.47 bits per heavy atom. The number of hydrogen-bond acceptors (Lipinski definition) is 3. The molecule has 0 aliphatic heterocycles. The summed E-state index contributed by atoms with van der Waals surface area (Å²) < 4.78 is 11.9. The second kappa shape index (κ2) is 6.68. The van der Waals surface area contributed by atoms with Crippen molar-refractivity contribution < 1.29 is 4.21 Å². The zero-order chi connectivity index (χ0) is 13.8. The lowest BCUT2D eigenvalue weighted by Gasteiger charge is -2.10. The number of aromatic nitrogens is 1. The lowest BCUT2D eigenvalue weighted by molar-refractivity contribution is 0.685. The molecule has 2 aromatic rings. The fourth-order valence-electron chi connectivity index (χ4n) is 1.83. The summed E-state index contributed by atoms with van der Waals surface area (Å²) in [5.74, 6) is 0.709. The van der Waals surface area contributed by atoms with Gasteiger partial charge in [0.1, 0.15) is 0 Å². The van der Waals surface area contributed by atoms with Gasteiger partial charge in [-0.25, -0.2) is 0 Å². The fraction of sp³-hybridized carbons (Fsp3) is 0.308. The Kier molecular flexibility index (Phi) is 5.19. The first-order valence-electron chi connectivity index (χ1n) is 5.85. The molecule has 0 aliphatic rings. The van der Waals surface area contributed by atoms with Gasteiger partial charge in [0, 0.05) is 51.1 Å². The Balaban J connectivity index is 2.21. The van der Waals surface area contributed by atoms with Crippen LogP contribution in [-0.2, 0) is 10.8 Å². The lowest BCUT2D eigenvalue weighted by atomic mass is 10.2. The summed E-state index contributed by atoms with van der Waals surface area (Å²) in [7, 11) is -0.739. The maximum absolute atomic E-state index is 11.0. The number of benzene rings is 1. The van der Waals surface area contributed by atoms with E-state index in [1.165, 1.54) is 0 Å². The van der Waals surface area contributed by atoms with Gasteiger partial charge in [-0.2, -0.15) is 0 Å². The molecule has 0 fully saturated rings. The summed E-state index contributed by atoms with van der Waals surface area (Å²) in [4.78, 5) is 4.30. The van der Waals surface area contributed by atoms with E-state index in [1.807, 2.05) is 18.2 Å². The third-order valence-corrected chi connectivity index (χ3v) is 4.30. The third kappa shape index (κ3) is 3.91. The van der Waals surface area contributed by atoms with Gasteiger partial charge in [0.05, 0.1) is 10.5 Å². The van der Waals surface area contributed by atoms with Crippen molar-refractivity contribution in [2.45, 2.75) is 6.42 Å². The Labute approximate surface area is 128 Å². The van der Waals surface area contributed by atoms with E-state index in [0.29, 0.717) is 10.8 Å². The molecule has 0 spiro atoms. The van der Waals surface area contributed by atoms with Crippen molar-refractivity contribution in [3.05, 3.63) is 33.9 Å². The number of anilines is 1. The smallest absolute Gasteiger partial charge is 0.0909 e. The second-order valence-corrected chi connectivity index (χ2v) is 7.08. The molecule has 2 rings (SSSR count). The quantitative estimate of drug-likeness (QED) is 0.823. The third-order valence-electron chi connectivity index (χ3n) is 2.69. The molecule has 0 radical (unpaired) electrons. The first-order chi connectivity index (χ1) is 9.08. The minimum Gasteiger partial charge on any atom is -0.384 e. The zero-order valence-corrected chi connectivity index (χ0v) is 13.6. The molecule has 1 N–H and O–H groups in total. The van der Waals surface area contributed by atoms with Crippen LogP contribution in [-0.4, -0.2) is 27.7 Å². The zero-order valence-electron chi connectivity index (χ0n) is 10.5. The molecule has 0 saturated carbocycles. The van der Waals surface area contributed by atoms with Crippen LogP contribution in [0.4, 0.5) is 5.69 Å². The topological polar surface area (TPSA) is 42.0 Å². The molecule has 0 bridgehead atoms. The van der Waals surface area contributed by atoms with Crippen LogP contribution in [0.3, 0.4) is 0 Å². The monoisotopic (exact) mass is 360 g/mol. The number of fused-ring (bicyclic) bond motifs is 1. The van der Waals surface area contributed by atoms with Gasteiger partial charge in [0.15, 0.2) is 0 Å². The van der Waals surface area contributed by atoms with Gasteiger partial charge in [-0.1, -0.05) is 27.5 Å². The van der Waals surface area contributed by atoms with Crippen LogP contribution in [0.15, 0.2) is 28.9 Å². The first-order valence-corrected chi connectivity index (χ1v) is 8.75. The Morgan fingerprint density at radius 2 is 2.26 bits per heavy atom. The normalized spacial score (nSPS) is 12.6. The highest BCUT2D eigenvalue weighted by Crippen LogP contribution is 2.30. The van der Waals surface area contributed by atoms with Crippen molar-refractivity contribution in [2.24, 2.45) is 0 Å². The Hall–Kier alpha value is -0.650. The van der Waals surface area contributed by atoms with Crippen LogP contribution in [0, 0.1) is 0 Å². The number of halogens is 2. The van der Waals surface area contributed by atoms with Gasteiger partial charge in [-0.05, 0) is 24.6 Å². The fourth-order valence-corrected chi connectivity index (χ4v) is 3.24. The second-order valence-electron chi connectivity index (χ2n) is 4.20. The molecule has 0 amide bonds. The number of rotatable bonds is 5. The van der Waals surface area contributed by atoms with E-state index < -0.39 is 10.8 Å². The summed E-state index contributed by atoms with van der Waals surface area (Å²) in [6.45, 7) is 0.781. The molecule has 0 saturated heterocycles. The predicted octanol–water partition coefficient (Wildman–Crippen LogP) is 3.83. The molecule has 0 aliphatic carbocycles. The van der Waals surface area contributed by atoms with Crippen LogP contribution in [0.2, 0.25) is 5.02 Å². The number of nitrogens with zero attached hydrogens (tertiary/aromatic N) is 1. The summed E-state index contributed by atoms with van der Waals surface area (Å²) in [5.41, 5.74) is 1.78. The predicted molar refractivity (Wildman–Crippen MR) is 86.5 cm³/mol. The standard InChI is InChI=1S/C13H14BrClN2OS/c1-19(18)6-2-4-16-12-3-5-17-13-10(12)7-9(14)8-11(13)15/h3,5,7-8H,2,4,6H2,1H3,(H,16,17). The van der Waals surface area contributed by atoms with Crippen LogP contribution in [0.1, 0.15) is 6.42 Å². The highest BCUT2D eigenvalue weighted by atomic mass is 79.9. The van der Waals surface area contributed by atoms with E-state index in [4.69, 9.17) is 11.6 Å². The van der Waals surface area contributed by atoms with Crippen molar-refractivity contribution >= 4 is 54.9 Å². The van der Waals surface area contributed by atoms with Crippen LogP contribution in [0.5, 0.6) is 0 Å². The van der Waals surface area contributed by atoms with Crippen molar-refractivity contribution in [1.82, 2.24) is 4.98 Å². The lowest BCUT2D eigenvalue weighted by Crippen LogP contribution is -2.06. The molecule has 1 atom stereocenters. The molecule has 3 nitrogen and oxygen atoms in total. The highest BCUT2D eigenvalue weighted by molar-refractivity contribution is 9.10. The van der Waals surface area contributed by atoms with Crippen molar-refractivity contribution in [1.29, 1.82) is 0 Å². The van der Waals surface area contributed by atoms with Gasteiger partial charge in [0.2, 0.25) is 0 Å². The van der Waals surface area contributed by atoms with E-state index >= 15 is 0 Å². The largest absolute Gasteiger partial charge is 0.384 e. The first kappa shape index (κ1) is 14.8. The van der Waals surface area contributed by atoms with Crippen LogP contribution >= 0.6 is 27.5 Å². The van der Waals surface area contributed by atoms with Crippen LogP contribution < -0.4 is 5.32 Å². The maximum atomic E-state index is 11.0. The average Bonchev–Trinajstić information content (AvgIpc) is 2.34. The minimum atomic E-state index is -0.739. The SMILES string of the molecule is CS(=O)CCCNc1ccnc2c(Cl)cc(Br)cc12. The maximum Gasteiger partial charge on any atom is 0.0909 e. The molecule has 1 heterocycles. The van der Waals surface area contributed by atoms with Gasteiger partial charge in [0.25, 0.3) is 0 Å². The number of pyridine rings is 1. The highest BCUT2D eigenvalue weighted by Gasteiger charge is 2.06. The van der Waals surface area contributed by atoms with E-state index in [2.05, 4.69) is 26.2 Å². The number of hydrogen-bond donors (Lipinski definition) is 1. The molecular formula is C13H14BrClN2OS. The van der Waals surface area contributed by atoms with Gasteiger partial charge in [-0.15, -0.1) is 0 Å². The van der Waals surface area contributed by atoms with Gasteiger partial charge < -0.3 is 5.32 Å². The van der Waals surface area contributed by atoms with E-state index in [0.717, 1.165) is 34.0 Å². The van der Waals surface area contributed by atoms with Gasteiger partial charge >= 0.3 is 0 Å². The summed E-state index contributed by atoms with van der Waals surface area (Å²) in [5, 5.41) is 4.96. The number of nitrogens with one attached hydrogen (secondary N) is 1.